The van der Waals surface area contributed by atoms with Gasteiger partial charge in [0.2, 0.25) is 10.0 Å². The third kappa shape index (κ3) is 10.1. The van der Waals surface area contributed by atoms with E-state index >= 15 is 0 Å². The zero-order chi connectivity index (χ0) is 32.4. The van der Waals surface area contributed by atoms with E-state index in [4.69, 9.17) is 0 Å². The number of nitrogens with zero attached hydrogens (tertiary/aromatic N) is 2. The van der Waals surface area contributed by atoms with Gasteiger partial charge in [0.25, 0.3) is 11.8 Å². The minimum absolute atomic E-state index is 0.104. The largest absolute Gasteiger partial charge is 0.390 e. The van der Waals surface area contributed by atoms with Crippen LogP contribution in [-0.2, 0) is 16.4 Å². The maximum absolute atomic E-state index is 13.7. The summed E-state index contributed by atoms with van der Waals surface area (Å²) in [5.41, 5.74) is 2.26. The number of hydrogen-bond acceptors (Lipinski definition) is 7. The van der Waals surface area contributed by atoms with Gasteiger partial charge in [-0.15, -0.1) is 0 Å². The maximum Gasteiger partial charge on any atom is 0.251 e. The SMILES string of the molecule is C[C@@H](NC(=O)c1cc(C(=O)N[C@@H](Cc2ccccc2)[C@H](O)CNCCN2CCCC2)cc(N(C)S(C)(=O)=O)c1)c1ccccc1. The quantitative estimate of drug-likeness (QED) is 0.189. The molecular weight excluding hydrogens is 590 g/mol. The van der Waals surface area contributed by atoms with Crippen LogP contribution in [0.15, 0.2) is 78.9 Å². The predicted molar refractivity (Wildman–Crippen MR) is 178 cm³/mol. The highest BCUT2D eigenvalue weighted by atomic mass is 32.2. The molecule has 1 aliphatic heterocycles. The molecule has 0 saturated carbocycles. The molecular formula is C34H45N5O5S. The molecule has 0 unspecified atom stereocenters. The molecule has 3 atom stereocenters. The molecule has 3 aromatic rings. The van der Waals surface area contributed by atoms with Crippen molar-refractivity contribution in [1.82, 2.24) is 20.9 Å². The average Bonchev–Trinajstić information content (AvgIpc) is 3.56. The number of aliphatic hydroxyl groups is 1. The first-order valence-electron chi connectivity index (χ1n) is 15.4. The lowest BCUT2D eigenvalue weighted by Crippen LogP contribution is -2.49. The number of sulfonamides is 1. The molecule has 0 aromatic heterocycles. The van der Waals surface area contributed by atoms with E-state index in [9.17, 15) is 23.1 Å². The summed E-state index contributed by atoms with van der Waals surface area (Å²) >= 11 is 0. The van der Waals surface area contributed by atoms with Gasteiger partial charge in [0.05, 0.1) is 30.1 Å². The fourth-order valence-corrected chi connectivity index (χ4v) is 5.88. The molecule has 0 radical (unpaired) electrons. The number of carbonyl (C=O) groups excluding carboxylic acids is 2. The van der Waals surface area contributed by atoms with Crippen molar-refractivity contribution in [2.75, 3.05) is 50.3 Å². The predicted octanol–water partition coefficient (Wildman–Crippen LogP) is 2.96. The molecule has 0 bridgehead atoms. The van der Waals surface area contributed by atoms with Crippen LogP contribution in [0.3, 0.4) is 0 Å². The lowest BCUT2D eigenvalue weighted by molar-refractivity contribution is 0.0829. The second-order valence-electron chi connectivity index (χ2n) is 11.7. The van der Waals surface area contributed by atoms with Crippen LogP contribution < -0.4 is 20.3 Å². The van der Waals surface area contributed by atoms with E-state index in [1.165, 1.54) is 38.1 Å². The Morgan fingerprint density at radius 3 is 2.09 bits per heavy atom. The van der Waals surface area contributed by atoms with Gasteiger partial charge < -0.3 is 26.0 Å². The Morgan fingerprint density at radius 2 is 1.49 bits per heavy atom. The zero-order valence-corrected chi connectivity index (χ0v) is 27.1. The monoisotopic (exact) mass is 635 g/mol. The lowest BCUT2D eigenvalue weighted by atomic mass is 10.00. The molecule has 242 valence electrons. The van der Waals surface area contributed by atoms with Crippen LogP contribution in [0.25, 0.3) is 0 Å². The fraction of sp³-hybridized carbons (Fsp3) is 0.412. The topological polar surface area (TPSA) is 131 Å². The summed E-state index contributed by atoms with van der Waals surface area (Å²) in [6.45, 7) is 5.95. The Hall–Kier alpha value is -3.77. The zero-order valence-electron chi connectivity index (χ0n) is 26.3. The molecule has 11 heteroatoms. The number of rotatable bonds is 15. The molecule has 2 amide bonds. The minimum Gasteiger partial charge on any atom is -0.390 e. The number of carbonyl (C=O) groups is 2. The summed E-state index contributed by atoms with van der Waals surface area (Å²) in [4.78, 5) is 29.5. The van der Waals surface area contributed by atoms with E-state index in [-0.39, 0.29) is 29.4 Å². The molecule has 0 spiro atoms. The van der Waals surface area contributed by atoms with E-state index in [2.05, 4.69) is 20.9 Å². The summed E-state index contributed by atoms with van der Waals surface area (Å²) in [5, 5.41) is 20.4. The second-order valence-corrected chi connectivity index (χ2v) is 13.7. The van der Waals surface area contributed by atoms with Crippen molar-refractivity contribution in [2.45, 2.75) is 44.4 Å². The summed E-state index contributed by atoms with van der Waals surface area (Å²) in [6, 6.07) is 22.4. The van der Waals surface area contributed by atoms with Gasteiger partial charge in [-0.3, -0.25) is 13.9 Å². The van der Waals surface area contributed by atoms with Crippen LogP contribution in [0.5, 0.6) is 0 Å². The molecule has 1 saturated heterocycles. The minimum atomic E-state index is -3.68. The van der Waals surface area contributed by atoms with Crippen LogP contribution in [0.4, 0.5) is 5.69 Å². The van der Waals surface area contributed by atoms with Gasteiger partial charge in [-0.05, 0) is 68.6 Å². The molecule has 10 nitrogen and oxygen atoms in total. The van der Waals surface area contributed by atoms with Gasteiger partial charge in [0.1, 0.15) is 0 Å². The Bertz CT molecular complexity index is 1510. The van der Waals surface area contributed by atoms with Crippen LogP contribution in [0.2, 0.25) is 0 Å². The number of anilines is 1. The van der Waals surface area contributed by atoms with Crippen LogP contribution >= 0.6 is 0 Å². The van der Waals surface area contributed by atoms with Gasteiger partial charge in [0, 0.05) is 37.8 Å². The molecule has 4 rings (SSSR count). The summed E-state index contributed by atoms with van der Waals surface area (Å²) in [5.74, 6) is -0.979. The number of hydrogen-bond donors (Lipinski definition) is 4. The van der Waals surface area contributed by atoms with Crippen molar-refractivity contribution < 1.29 is 23.1 Å². The van der Waals surface area contributed by atoms with E-state index in [1.807, 2.05) is 67.6 Å². The average molecular weight is 636 g/mol. The maximum atomic E-state index is 13.7. The van der Waals surface area contributed by atoms with Crippen molar-refractivity contribution >= 4 is 27.5 Å². The Balaban J connectivity index is 1.55. The van der Waals surface area contributed by atoms with Crippen molar-refractivity contribution in [2.24, 2.45) is 0 Å². The van der Waals surface area contributed by atoms with E-state index in [0.29, 0.717) is 6.42 Å². The first-order chi connectivity index (χ1) is 21.5. The standard InChI is InChI=1S/C34H45N5O5S/c1-25(27-14-8-5-9-15-27)36-33(41)28-21-29(23-30(22-28)38(2)45(3,43)44)34(42)37-31(20-26-12-6-4-7-13-26)32(40)24-35-16-19-39-17-10-11-18-39/h4-9,12-15,21-23,25,31-32,35,40H,10-11,16-20,24H2,1-3H3,(H,36,41)(H,37,42)/t25-,31+,32-/m1/s1. The van der Waals surface area contributed by atoms with Crippen molar-refractivity contribution in [1.29, 1.82) is 0 Å². The highest BCUT2D eigenvalue weighted by Crippen LogP contribution is 2.22. The normalized spacial score (nSPS) is 15.6. The van der Waals surface area contributed by atoms with Gasteiger partial charge in [-0.1, -0.05) is 60.7 Å². The molecule has 45 heavy (non-hydrogen) atoms. The Morgan fingerprint density at radius 1 is 0.911 bits per heavy atom. The van der Waals surface area contributed by atoms with Gasteiger partial charge in [0.15, 0.2) is 0 Å². The fourth-order valence-electron chi connectivity index (χ4n) is 5.39. The van der Waals surface area contributed by atoms with Crippen LogP contribution in [0.1, 0.15) is 57.7 Å². The van der Waals surface area contributed by atoms with Crippen LogP contribution in [-0.4, -0.2) is 88.4 Å². The number of nitrogens with one attached hydrogen (secondary N) is 3. The Labute approximate surface area is 266 Å². The molecule has 4 N–H and O–H groups in total. The first kappa shape index (κ1) is 34.1. The van der Waals surface area contributed by atoms with Gasteiger partial charge in [-0.2, -0.15) is 0 Å². The van der Waals surface area contributed by atoms with Crippen molar-refractivity contribution in [3.63, 3.8) is 0 Å². The second kappa shape index (κ2) is 16.0. The number of likely N-dealkylation sites (tertiary alicyclic amines) is 1. The smallest absolute Gasteiger partial charge is 0.251 e. The van der Waals surface area contributed by atoms with E-state index < -0.39 is 34.0 Å². The van der Waals surface area contributed by atoms with Gasteiger partial charge in [-0.25, -0.2) is 8.42 Å². The summed E-state index contributed by atoms with van der Waals surface area (Å²) in [7, 11) is -2.31. The first-order valence-corrected chi connectivity index (χ1v) is 17.3. The van der Waals surface area contributed by atoms with E-state index in [0.717, 1.165) is 47.9 Å². The molecule has 1 fully saturated rings. The Kier molecular flexibility index (Phi) is 12.1. The molecule has 1 heterocycles. The van der Waals surface area contributed by atoms with E-state index in [1.54, 1.807) is 0 Å². The highest BCUT2D eigenvalue weighted by Gasteiger charge is 2.25. The lowest BCUT2D eigenvalue weighted by Gasteiger charge is -2.26. The van der Waals surface area contributed by atoms with Crippen molar-refractivity contribution in [3.8, 4) is 0 Å². The highest BCUT2D eigenvalue weighted by molar-refractivity contribution is 7.92. The molecule has 3 aromatic carbocycles. The summed E-state index contributed by atoms with van der Waals surface area (Å²) in [6.07, 6.45) is 2.96. The number of benzene rings is 3. The molecule has 1 aliphatic rings. The molecule has 0 aliphatic carbocycles. The van der Waals surface area contributed by atoms with Gasteiger partial charge >= 0.3 is 0 Å². The third-order valence-electron chi connectivity index (χ3n) is 8.19. The number of aliphatic hydroxyl groups excluding tert-OH is 1. The summed E-state index contributed by atoms with van der Waals surface area (Å²) < 4.78 is 25.9. The third-order valence-corrected chi connectivity index (χ3v) is 9.39. The van der Waals surface area contributed by atoms with Crippen LogP contribution in [0, 0.1) is 0 Å². The number of amides is 2. The van der Waals surface area contributed by atoms with Crippen molar-refractivity contribution in [3.05, 3.63) is 101 Å².